The highest BCUT2D eigenvalue weighted by molar-refractivity contribution is 5.99. The van der Waals surface area contributed by atoms with Crippen LogP contribution in [0.1, 0.15) is 44.7 Å². The van der Waals surface area contributed by atoms with E-state index in [9.17, 15) is 4.79 Å². The Hall–Kier alpha value is -2.49. The maximum Gasteiger partial charge on any atom is 0.234 e. The molecule has 1 aliphatic rings. The van der Waals surface area contributed by atoms with Crippen molar-refractivity contribution in [1.82, 2.24) is 0 Å². The van der Waals surface area contributed by atoms with Crippen molar-refractivity contribution in [3.8, 4) is 11.5 Å². The van der Waals surface area contributed by atoms with Crippen LogP contribution in [0.15, 0.2) is 42.5 Å². The van der Waals surface area contributed by atoms with Crippen molar-refractivity contribution in [3.63, 3.8) is 0 Å². The Bertz CT molecular complexity index is 780. The fourth-order valence-corrected chi connectivity index (χ4v) is 2.96. The zero-order chi connectivity index (χ0) is 18.0. The van der Waals surface area contributed by atoms with E-state index in [1.54, 1.807) is 0 Å². The van der Waals surface area contributed by atoms with Gasteiger partial charge < -0.3 is 14.8 Å². The molecule has 2 aromatic carbocycles. The molecule has 0 fully saturated rings. The second kappa shape index (κ2) is 6.79. The van der Waals surface area contributed by atoms with E-state index in [1.165, 1.54) is 0 Å². The van der Waals surface area contributed by atoms with E-state index in [0.29, 0.717) is 24.9 Å². The number of amides is 1. The second-order valence-corrected chi connectivity index (χ2v) is 7.18. The molecule has 0 spiro atoms. The number of carbonyl (C=O) groups is 1. The monoisotopic (exact) mass is 339 g/mol. The number of anilines is 1. The molecule has 0 aliphatic carbocycles. The molecule has 3 rings (SSSR count). The third-order valence-electron chi connectivity index (χ3n) is 4.66. The first kappa shape index (κ1) is 17.3. The first-order valence-corrected chi connectivity index (χ1v) is 8.70. The molecular formula is C21H25NO3. The maximum absolute atomic E-state index is 13.0. The number of hydrogen-bond acceptors (Lipinski definition) is 3. The van der Waals surface area contributed by atoms with Gasteiger partial charge in [-0.05, 0) is 49.1 Å². The van der Waals surface area contributed by atoms with Gasteiger partial charge in [0.05, 0.1) is 5.41 Å². The van der Waals surface area contributed by atoms with Crippen LogP contribution < -0.4 is 14.8 Å². The third-order valence-corrected chi connectivity index (χ3v) is 4.66. The molecule has 132 valence electrons. The minimum atomic E-state index is -0.695. The number of rotatable bonds is 4. The minimum Gasteiger partial charge on any atom is -0.486 e. The Labute approximate surface area is 149 Å². The largest absolute Gasteiger partial charge is 0.486 e. The molecule has 0 unspecified atom stereocenters. The molecule has 1 amide bonds. The van der Waals surface area contributed by atoms with Crippen molar-refractivity contribution >= 4 is 11.6 Å². The third kappa shape index (κ3) is 3.48. The highest BCUT2D eigenvalue weighted by atomic mass is 16.6. The summed E-state index contributed by atoms with van der Waals surface area (Å²) in [6.07, 6.45) is 0. The van der Waals surface area contributed by atoms with Crippen molar-refractivity contribution in [2.75, 3.05) is 18.5 Å². The summed E-state index contributed by atoms with van der Waals surface area (Å²) in [5.74, 6) is 1.73. The molecule has 1 N–H and O–H groups in total. The van der Waals surface area contributed by atoms with Crippen LogP contribution in [0.4, 0.5) is 5.69 Å². The zero-order valence-electron chi connectivity index (χ0n) is 15.3. The number of hydrogen-bond donors (Lipinski definition) is 1. The normalized spacial score (nSPS) is 13.6. The van der Waals surface area contributed by atoms with Crippen molar-refractivity contribution < 1.29 is 14.3 Å². The first-order valence-electron chi connectivity index (χ1n) is 8.70. The van der Waals surface area contributed by atoms with Gasteiger partial charge in [0, 0.05) is 5.69 Å². The lowest BCUT2D eigenvalue weighted by molar-refractivity contribution is -0.120. The molecule has 0 bridgehead atoms. The number of fused-ring (bicyclic) bond motifs is 1. The fraction of sp³-hybridized carbons (Fsp3) is 0.381. The quantitative estimate of drug-likeness (QED) is 0.892. The molecule has 2 aromatic rings. The van der Waals surface area contributed by atoms with Gasteiger partial charge in [-0.25, -0.2) is 0 Å². The topological polar surface area (TPSA) is 47.6 Å². The van der Waals surface area contributed by atoms with Crippen molar-refractivity contribution in [2.24, 2.45) is 0 Å². The number of carbonyl (C=O) groups excluding carboxylic acids is 1. The molecule has 25 heavy (non-hydrogen) atoms. The second-order valence-electron chi connectivity index (χ2n) is 7.18. The van der Waals surface area contributed by atoms with Gasteiger partial charge in [-0.1, -0.05) is 38.1 Å². The predicted molar refractivity (Wildman–Crippen MR) is 99.6 cm³/mol. The van der Waals surface area contributed by atoms with Gasteiger partial charge in [0.2, 0.25) is 5.91 Å². The average molecular weight is 339 g/mol. The van der Waals surface area contributed by atoms with Crippen LogP contribution in [0.2, 0.25) is 0 Å². The highest BCUT2D eigenvalue weighted by Crippen LogP contribution is 2.36. The fourth-order valence-electron chi connectivity index (χ4n) is 2.96. The van der Waals surface area contributed by atoms with E-state index in [1.807, 2.05) is 50.2 Å². The van der Waals surface area contributed by atoms with E-state index in [-0.39, 0.29) is 5.91 Å². The smallest absolute Gasteiger partial charge is 0.234 e. The lowest BCUT2D eigenvalue weighted by Crippen LogP contribution is -2.35. The molecule has 0 saturated heterocycles. The molecule has 0 atom stereocenters. The van der Waals surface area contributed by atoms with Crippen molar-refractivity contribution in [3.05, 3.63) is 53.6 Å². The number of ether oxygens (including phenoxy) is 2. The lowest BCUT2D eigenvalue weighted by Gasteiger charge is -2.27. The van der Waals surface area contributed by atoms with Gasteiger partial charge in [-0.3, -0.25) is 4.79 Å². The summed E-state index contributed by atoms with van der Waals surface area (Å²) < 4.78 is 11.2. The molecular weight excluding hydrogens is 314 g/mol. The number of nitrogens with one attached hydrogen (secondary N) is 1. The predicted octanol–water partition coefficient (Wildman–Crippen LogP) is 4.50. The maximum atomic E-state index is 13.0. The summed E-state index contributed by atoms with van der Waals surface area (Å²) >= 11 is 0. The van der Waals surface area contributed by atoms with Gasteiger partial charge in [-0.15, -0.1) is 0 Å². The Kier molecular flexibility index (Phi) is 4.71. The Morgan fingerprint density at radius 2 is 1.72 bits per heavy atom. The summed E-state index contributed by atoms with van der Waals surface area (Å²) in [4.78, 5) is 13.0. The van der Waals surface area contributed by atoms with Gasteiger partial charge in [-0.2, -0.15) is 0 Å². The molecule has 4 nitrogen and oxygen atoms in total. The van der Waals surface area contributed by atoms with Crippen LogP contribution in [0.5, 0.6) is 11.5 Å². The molecule has 0 saturated carbocycles. The Morgan fingerprint density at radius 1 is 1.04 bits per heavy atom. The van der Waals surface area contributed by atoms with Gasteiger partial charge in [0.15, 0.2) is 11.5 Å². The van der Waals surface area contributed by atoms with E-state index in [2.05, 4.69) is 25.2 Å². The lowest BCUT2D eigenvalue weighted by atomic mass is 9.83. The van der Waals surface area contributed by atoms with Gasteiger partial charge >= 0.3 is 0 Å². The van der Waals surface area contributed by atoms with Crippen molar-refractivity contribution in [1.29, 1.82) is 0 Å². The van der Waals surface area contributed by atoms with Crippen LogP contribution in [-0.4, -0.2) is 19.1 Å². The van der Waals surface area contributed by atoms with E-state index >= 15 is 0 Å². The Morgan fingerprint density at radius 3 is 2.44 bits per heavy atom. The Balaban J connectivity index is 1.86. The molecule has 1 aliphatic heterocycles. The van der Waals surface area contributed by atoms with E-state index in [0.717, 1.165) is 22.6 Å². The van der Waals surface area contributed by atoms with Crippen LogP contribution in [0.25, 0.3) is 0 Å². The molecule has 0 radical (unpaired) electrons. The highest BCUT2D eigenvalue weighted by Gasteiger charge is 2.31. The number of para-hydroxylation sites is 1. The van der Waals surface area contributed by atoms with E-state index in [4.69, 9.17) is 9.47 Å². The summed E-state index contributed by atoms with van der Waals surface area (Å²) in [5, 5.41) is 3.10. The summed E-state index contributed by atoms with van der Waals surface area (Å²) in [5.41, 5.74) is 2.21. The average Bonchev–Trinajstić information content (AvgIpc) is 2.61. The van der Waals surface area contributed by atoms with Gasteiger partial charge in [0.25, 0.3) is 0 Å². The first-order chi connectivity index (χ1) is 11.9. The molecule has 4 heteroatoms. The SMILES string of the molecule is CC(C)c1ccccc1NC(=O)C(C)(C)c1ccc2c(c1)OCCO2. The van der Waals surface area contributed by atoms with Crippen LogP contribution in [0, 0.1) is 0 Å². The molecule has 1 heterocycles. The zero-order valence-corrected chi connectivity index (χ0v) is 15.3. The summed E-state index contributed by atoms with van der Waals surface area (Å²) in [7, 11) is 0. The molecule has 0 aromatic heterocycles. The van der Waals surface area contributed by atoms with Crippen LogP contribution in [0.3, 0.4) is 0 Å². The van der Waals surface area contributed by atoms with Crippen molar-refractivity contribution in [2.45, 2.75) is 39.0 Å². The number of benzene rings is 2. The summed E-state index contributed by atoms with van der Waals surface area (Å²) in [6.45, 7) is 9.18. The van der Waals surface area contributed by atoms with Gasteiger partial charge in [0.1, 0.15) is 13.2 Å². The van der Waals surface area contributed by atoms with Crippen LogP contribution >= 0.6 is 0 Å². The minimum absolute atomic E-state index is 0.0442. The summed E-state index contributed by atoms with van der Waals surface area (Å²) in [6, 6.07) is 13.7. The van der Waals surface area contributed by atoms with E-state index < -0.39 is 5.41 Å². The standard InChI is InChI=1S/C21H25NO3/c1-14(2)16-7-5-6-8-17(16)22-20(23)21(3,4)15-9-10-18-19(13-15)25-12-11-24-18/h5-10,13-14H,11-12H2,1-4H3,(H,22,23). The van der Waals surface area contributed by atoms with Crippen LogP contribution in [-0.2, 0) is 10.2 Å².